The molecule has 1 heterocycles. The van der Waals surface area contributed by atoms with Crippen molar-refractivity contribution in [1.29, 1.82) is 0 Å². The van der Waals surface area contributed by atoms with Gasteiger partial charge in [0.2, 0.25) is 0 Å². The first kappa shape index (κ1) is 13.1. The standard InChI is InChI=1S/C11H22N4O/c1-8(2)11-10(6-12)13-14-15(11)7-9(3)4-5-16/h8-9,16H,4-7,12H2,1-3H3. The van der Waals surface area contributed by atoms with Crippen LogP contribution in [0.5, 0.6) is 0 Å². The van der Waals surface area contributed by atoms with E-state index < -0.39 is 0 Å². The van der Waals surface area contributed by atoms with E-state index in [0.717, 1.165) is 24.4 Å². The highest BCUT2D eigenvalue weighted by molar-refractivity contribution is 5.13. The van der Waals surface area contributed by atoms with Gasteiger partial charge in [-0.25, -0.2) is 4.68 Å². The Kier molecular flexibility index (Phi) is 4.89. The number of hydrogen-bond acceptors (Lipinski definition) is 4. The van der Waals surface area contributed by atoms with Gasteiger partial charge < -0.3 is 10.8 Å². The Bertz CT molecular complexity index is 322. The average Bonchev–Trinajstić information content (AvgIpc) is 2.61. The Labute approximate surface area is 96.6 Å². The summed E-state index contributed by atoms with van der Waals surface area (Å²) in [5, 5.41) is 17.1. The molecule has 1 aromatic rings. The fraction of sp³-hybridized carbons (Fsp3) is 0.818. The van der Waals surface area contributed by atoms with Gasteiger partial charge in [-0.3, -0.25) is 0 Å². The van der Waals surface area contributed by atoms with Crippen molar-refractivity contribution in [2.24, 2.45) is 11.7 Å². The lowest BCUT2D eigenvalue weighted by Gasteiger charge is -2.14. The molecule has 0 radical (unpaired) electrons. The predicted molar refractivity (Wildman–Crippen MR) is 62.9 cm³/mol. The molecule has 0 saturated carbocycles. The molecule has 3 N–H and O–H groups in total. The van der Waals surface area contributed by atoms with E-state index in [-0.39, 0.29) is 6.61 Å². The van der Waals surface area contributed by atoms with Crippen LogP contribution in [0.4, 0.5) is 0 Å². The number of aliphatic hydroxyl groups is 1. The fourth-order valence-corrected chi connectivity index (χ4v) is 1.87. The largest absolute Gasteiger partial charge is 0.396 e. The van der Waals surface area contributed by atoms with E-state index in [4.69, 9.17) is 10.8 Å². The molecule has 1 rings (SSSR count). The van der Waals surface area contributed by atoms with E-state index in [1.54, 1.807) is 0 Å². The van der Waals surface area contributed by atoms with E-state index in [1.165, 1.54) is 0 Å². The van der Waals surface area contributed by atoms with Gasteiger partial charge in [0.25, 0.3) is 0 Å². The summed E-state index contributed by atoms with van der Waals surface area (Å²) in [7, 11) is 0. The minimum absolute atomic E-state index is 0.219. The Hall–Kier alpha value is -0.940. The number of nitrogens with zero attached hydrogens (tertiary/aromatic N) is 3. The van der Waals surface area contributed by atoms with Gasteiger partial charge in [0.15, 0.2) is 0 Å². The maximum absolute atomic E-state index is 8.88. The second-order valence-corrected chi connectivity index (χ2v) is 4.58. The second-order valence-electron chi connectivity index (χ2n) is 4.58. The van der Waals surface area contributed by atoms with Crippen molar-refractivity contribution in [2.45, 2.75) is 46.2 Å². The molecular formula is C11H22N4O. The summed E-state index contributed by atoms with van der Waals surface area (Å²) in [6.45, 7) is 7.78. The quantitative estimate of drug-likeness (QED) is 0.755. The highest BCUT2D eigenvalue weighted by atomic mass is 16.3. The van der Waals surface area contributed by atoms with Crippen molar-refractivity contribution in [2.75, 3.05) is 6.61 Å². The van der Waals surface area contributed by atoms with Gasteiger partial charge in [0.1, 0.15) is 0 Å². The number of rotatable bonds is 6. The van der Waals surface area contributed by atoms with Crippen LogP contribution in [0.2, 0.25) is 0 Å². The highest BCUT2D eigenvalue weighted by Gasteiger charge is 2.16. The summed E-state index contributed by atoms with van der Waals surface area (Å²) < 4.78 is 1.92. The summed E-state index contributed by atoms with van der Waals surface area (Å²) in [6.07, 6.45) is 0.787. The third-order valence-corrected chi connectivity index (χ3v) is 2.69. The third kappa shape index (κ3) is 3.02. The number of aromatic nitrogens is 3. The molecule has 0 fully saturated rings. The SMILES string of the molecule is CC(CCO)Cn1nnc(CN)c1C(C)C. The molecule has 1 atom stereocenters. The molecule has 0 spiro atoms. The van der Waals surface area contributed by atoms with Gasteiger partial charge in [-0.1, -0.05) is 26.0 Å². The monoisotopic (exact) mass is 226 g/mol. The van der Waals surface area contributed by atoms with Crippen LogP contribution in [0.25, 0.3) is 0 Å². The maximum Gasteiger partial charge on any atom is 0.0997 e. The molecule has 1 aromatic heterocycles. The van der Waals surface area contributed by atoms with E-state index in [9.17, 15) is 0 Å². The fourth-order valence-electron chi connectivity index (χ4n) is 1.87. The molecule has 0 saturated heterocycles. The Balaban J connectivity index is 2.83. The van der Waals surface area contributed by atoms with Gasteiger partial charge in [-0.05, 0) is 18.3 Å². The molecule has 0 aromatic carbocycles. The Morgan fingerprint density at radius 2 is 2.06 bits per heavy atom. The lowest BCUT2D eigenvalue weighted by molar-refractivity contribution is 0.249. The predicted octanol–water partition coefficient (Wildman–Crippen LogP) is 0.879. The van der Waals surface area contributed by atoms with Crippen molar-refractivity contribution < 1.29 is 5.11 Å². The number of hydrogen-bond donors (Lipinski definition) is 2. The number of aliphatic hydroxyl groups excluding tert-OH is 1. The van der Waals surface area contributed by atoms with Gasteiger partial charge in [0.05, 0.1) is 11.4 Å². The van der Waals surface area contributed by atoms with E-state index in [2.05, 4.69) is 31.1 Å². The molecule has 92 valence electrons. The van der Waals surface area contributed by atoms with Crippen molar-refractivity contribution in [3.05, 3.63) is 11.4 Å². The van der Waals surface area contributed by atoms with E-state index in [0.29, 0.717) is 18.4 Å². The zero-order chi connectivity index (χ0) is 12.1. The van der Waals surface area contributed by atoms with Crippen molar-refractivity contribution in [1.82, 2.24) is 15.0 Å². The number of nitrogens with two attached hydrogens (primary N) is 1. The molecule has 0 amide bonds. The lowest BCUT2D eigenvalue weighted by Crippen LogP contribution is -2.15. The average molecular weight is 226 g/mol. The van der Waals surface area contributed by atoms with Crippen LogP contribution in [-0.2, 0) is 13.1 Å². The summed E-state index contributed by atoms with van der Waals surface area (Å²) >= 11 is 0. The van der Waals surface area contributed by atoms with Gasteiger partial charge in [-0.2, -0.15) is 0 Å². The Morgan fingerprint density at radius 1 is 1.38 bits per heavy atom. The second kappa shape index (κ2) is 5.96. The summed E-state index contributed by atoms with van der Waals surface area (Å²) in [4.78, 5) is 0. The van der Waals surface area contributed by atoms with Crippen LogP contribution in [0.1, 0.15) is 44.5 Å². The van der Waals surface area contributed by atoms with Crippen LogP contribution < -0.4 is 5.73 Å². The first-order valence-corrected chi connectivity index (χ1v) is 5.83. The molecule has 0 aliphatic heterocycles. The molecule has 0 aliphatic carbocycles. The molecule has 5 nitrogen and oxygen atoms in total. The zero-order valence-electron chi connectivity index (χ0n) is 10.3. The van der Waals surface area contributed by atoms with Crippen molar-refractivity contribution >= 4 is 0 Å². The minimum Gasteiger partial charge on any atom is -0.396 e. The summed E-state index contributed by atoms with van der Waals surface area (Å²) in [5.74, 6) is 0.768. The molecule has 0 bridgehead atoms. The van der Waals surface area contributed by atoms with Crippen LogP contribution in [-0.4, -0.2) is 26.7 Å². The zero-order valence-corrected chi connectivity index (χ0v) is 10.3. The van der Waals surface area contributed by atoms with Crippen molar-refractivity contribution in [3.8, 4) is 0 Å². The molecular weight excluding hydrogens is 204 g/mol. The van der Waals surface area contributed by atoms with Gasteiger partial charge >= 0.3 is 0 Å². The van der Waals surface area contributed by atoms with E-state index in [1.807, 2.05) is 4.68 Å². The first-order chi connectivity index (χ1) is 7.60. The van der Waals surface area contributed by atoms with Crippen molar-refractivity contribution in [3.63, 3.8) is 0 Å². The third-order valence-electron chi connectivity index (χ3n) is 2.69. The summed E-state index contributed by atoms with van der Waals surface area (Å²) in [5.41, 5.74) is 7.63. The Morgan fingerprint density at radius 3 is 2.56 bits per heavy atom. The molecule has 5 heteroatoms. The normalized spacial score (nSPS) is 13.4. The van der Waals surface area contributed by atoms with Crippen LogP contribution in [0, 0.1) is 5.92 Å². The van der Waals surface area contributed by atoms with Gasteiger partial charge in [-0.15, -0.1) is 5.10 Å². The highest BCUT2D eigenvalue weighted by Crippen LogP contribution is 2.18. The topological polar surface area (TPSA) is 77.0 Å². The van der Waals surface area contributed by atoms with Crippen LogP contribution in [0.3, 0.4) is 0 Å². The summed E-state index contributed by atoms with van der Waals surface area (Å²) in [6, 6.07) is 0. The van der Waals surface area contributed by atoms with Crippen LogP contribution in [0.15, 0.2) is 0 Å². The molecule has 0 aliphatic rings. The lowest BCUT2D eigenvalue weighted by atomic mass is 10.1. The smallest absolute Gasteiger partial charge is 0.0997 e. The molecule has 16 heavy (non-hydrogen) atoms. The van der Waals surface area contributed by atoms with E-state index >= 15 is 0 Å². The molecule has 1 unspecified atom stereocenters. The first-order valence-electron chi connectivity index (χ1n) is 5.83. The van der Waals surface area contributed by atoms with Gasteiger partial charge in [0, 0.05) is 19.7 Å². The van der Waals surface area contributed by atoms with Crippen LogP contribution >= 0.6 is 0 Å². The maximum atomic E-state index is 8.88. The minimum atomic E-state index is 0.219.